The average molecular weight is 299 g/mol. The summed E-state index contributed by atoms with van der Waals surface area (Å²) in [6.07, 6.45) is 2.52. The molecule has 1 aliphatic heterocycles. The minimum atomic E-state index is 0. The summed E-state index contributed by atoms with van der Waals surface area (Å²) in [6, 6.07) is 10.0. The highest BCUT2D eigenvalue weighted by Gasteiger charge is 2.16. The number of nitrogens with zero attached hydrogens (tertiary/aromatic N) is 1. The summed E-state index contributed by atoms with van der Waals surface area (Å²) in [7, 11) is 1.84. The van der Waals surface area contributed by atoms with E-state index < -0.39 is 0 Å². The zero-order valence-corrected chi connectivity index (χ0v) is 12.7. The molecule has 5 heteroatoms. The van der Waals surface area contributed by atoms with Crippen molar-refractivity contribution < 1.29 is 9.53 Å². The van der Waals surface area contributed by atoms with Crippen LogP contribution in [0.3, 0.4) is 0 Å². The molecule has 1 fully saturated rings. The summed E-state index contributed by atoms with van der Waals surface area (Å²) in [5, 5.41) is 3.18. The van der Waals surface area contributed by atoms with Crippen molar-refractivity contribution in [1.29, 1.82) is 0 Å². The lowest BCUT2D eigenvalue weighted by molar-refractivity contribution is -0.129. The number of carbonyl (C=O) groups is 1. The monoisotopic (exact) mass is 298 g/mol. The number of halogens is 1. The first-order chi connectivity index (χ1) is 9.25. The zero-order chi connectivity index (χ0) is 13.5. The van der Waals surface area contributed by atoms with Crippen LogP contribution >= 0.6 is 12.4 Å². The van der Waals surface area contributed by atoms with E-state index in [0.29, 0.717) is 13.1 Å². The molecule has 4 nitrogen and oxygen atoms in total. The van der Waals surface area contributed by atoms with Crippen molar-refractivity contribution in [1.82, 2.24) is 10.2 Å². The summed E-state index contributed by atoms with van der Waals surface area (Å²) in [5.74, 6) is 0.113. The Bertz CT molecular complexity index is 394. The Morgan fingerprint density at radius 3 is 2.80 bits per heavy atom. The van der Waals surface area contributed by atoms with E-state index in [1.807, 2.05) is 37.4 Å². The van der Waals surface area contributed by atoms with E-state index in [1.165, 1.54) is 0 Å². The Balaban J connectivity index is 0.00000200. The molecular formula is C15H23ClN2O2. The van der Waals surface area contributed by atoms with E-state index in [1.54, 1.807) is 4.90 Å². The quantitative estimate of drug-likeness (QED) is 0.871. The van der Waals surface area contributed by atoms with Gasteiger partial charge in [-0.05, 0) is 18.4 Å². The zero-order valence-electron chi connectivity index (χ0n) is 11.9. The molecule has 1 heterocycles. The third-order valence-electron chi connectivity index (χ3n) is 3.36. The van der Waals surface area contributed by atoms with Crippen LogP contribution in [0.15, 0.2) is 30.3 Å². The summed E-state index contributed by atoms with van der Waals surface area (Å²) < 4.78 is 5.50. The predicted octanol–water partition coefficient (Wildman–Crippen LogP) is 1.84. The molecule has 0 saturated carbocycles. The number of hydrogen-bond acceptors (Lipinski definition) is 3. The van der Waals surface area contributed by atoms with Crippen LogP contribution in [0.4, 0.5) is 0 Å². The molecule has 0 radical (unpaired) electrons. The highest BCUT2D eigenvalue weighted by atomic mass is 35.5. The molecule has 1 aliphatic rings. The smallest absolute Gasteiger partial charge is 0.236 e. The maximum Gasteiger partial charge on any atom is 0.236 e. The molecule has 1 N–H and O–H groups in total. The van der Waals surface area contributed by atoms with Gasteiger partial charge in [0.2, 0.25) is 5.91 Å². The van der Waals surface area contributed by atoms with Crippen LogP contribution in [0, 0.1) is 0 Å². The lowest BCUT2D eigenvalue weighted by Gasteiger charge is -2.18. The number of amides is 1. The van der Waals surface area contributed by atoms with Crippen LogP contribution in [0.2, 0.25) is 0 Å². The van der Waals surface area contributed by atoms with Crippen LogP contribution in [0.5, 0.6) is 0 Å². The molecule has 1 atom stereocenters. The van der Waals surface area contributed by atoms with Gasteiger partial charge in [0.15, 0.2) is 0 Å². The summed E-state index contributed by atoms with van der Waals surface area (Å²) in [4.78, 5) is 13.7. The predicted molar refractivity (Wildman–Crippen MR) is 82.0 cm³/mol. The van der Waals surface area contributed by atoms with Crippen molar-refractivity contribution in [3.05, 3.63) is 35.9 Å². The summed E-state index contributed by atoms with van der Waals surface area (Å²) in [6.45, 7) is 2.66. The van der Waals surface area contributed by atoms with Gasteiger partial charge in [-0.2, -0.15) is 0 Å². The van der Waals surface area contributed by atoms with Gasteiger partial charge >= 0.3 is 0 Å². The van der Waals surface area contributed by atoms with Crippen molar-refractivity contribution >= 4 is 18.3 Å². The van der Waals surface area contributed by atoms with Gasteiger partial charge in [0, 0.05) is 26.7 Å². The highest BCUT2D eigenvalue weighted by molar-refractivity contribution is 5.85. The molecule has 0 spiro atoms. The van der Waals surface area contributed by atoms with E-state index in [9.17, 15) is 4.79 Å². The Kier molecular flexibility index (Phi) is 7.59. The minimum Gasteiger partial charge on any atom is -0.377 e. The van der Waals surface area contributed by atoms with Gasteiger partial charge in [-0.1, -0.05) is 30.3 Å². The molecular weight excluding hydrogens is 276 g/mol. The maximum absolute atomic E-state index is 11.9. The Morgan fingerprint density at radius 2 is 2.15 bits per heavy atom. The van der Waals surface area contributed by atoms with Crippen LogP contribution < -0.4 is 5.32 Å². The van der Waals surface area contributed by atoms with Crippen LogP contribution in [0.25, 0.3) is 0 Å². The van der Waals surface area contributed by atoms with Gasteiger partial charge in [0.25, 0.3) is 0 Å². The number of rotatable bonds is 6. The minimum absolute atomic E-state index is 0. The molecule has 2 rings (SSSR count). The largest absolute Gasteiger partial charge is 0.377 e. The number of ether oxygens (including phenoxy) is 1. The van der Waals surface area contributed by atoms with Gasteiger partial charge in [-0.25, -0.2) is 0 Å². The van der Waals surface area contributed by atoms with E-state index >= 15 is 0 Å². The van der Waals surface area contributed by atoms with Crippen molar-refractivity contribution in [2.75, 3.05) is 26.7 Å². The number of likely N-dealkylation sites (N-methyl/N-ethyl adjacent to an activating group) is 1. The van der Waals surface area contributed by atoms with Gasteiger partial charge in [-0.15, -0.1) is 12.4 Å². The Hall–Kier alpha value is -1.10. The number of benzene rings is 1. The lowest BCUT2D eigenvalue weighted by Crippen LogP contribution is -2.38. The highest BCUT2D eigenvalue weighted by Crippen LogP contribution is 2.10. The number of nitrogens with one attached hydrogen (secondary N) is 1. The van der Waals surface area contributed by atoms with Crippen molar-refractivity contribution in [3.63, 3.8) is 0 Å². The Morgan fingerprint density at radius 1 is 1.40 bits per heavy atom. The van der Waals surface area contributed by atoms with E-state index in [0.717, 1.165) is 31.6 Å². The topological polar surface area (TPSA) is 41.6 Å². The number of carbonyl (C=O) groups excluding carboxylic acids is 1. The van der Waals surface area contributed by atoms with Crippen molar-refractivity contribution in [3.8, 4) is 0 Å². The third kappa shape index (κ3) is 5.49. The third-order valence-corrected chi connectivity index (χ3v) is 3.36. The normalized spacial score (nSPS) is 17.6. The van der Waals surface area contributed by atoms with E-state index in [4.69, 9.17) is 4.74 Å². The van der Waals surface area contributed by atoms with Gasteiger partial charge in [0.1, 0.15) is 0 Å². The standard InChI is InChI=1S/C15H22N2O2.ClH/c1-17(12-13-6-3-2-4-7-13)15(18)11-16-10-14-8-5-9-19-14;/h2-4,6-7,14,16H,5,8-12H2,1H3;1H. The van der Waals surface area contributed by atoms with Crippen molar-refractivity contribution in [2.45, 2.75) is 25.5 Å². The number of hydrogen-bond donors (Lipinski definition) is 1. The molecule has 1 amide bonds. The lowest BCUT2D eigenvalue weighted by atomic mass is 10.2. The molecule has 0 aliphatic carbocycles. The molecule has 1 saturated heterocycles. The first-order valence-electron chi connectivity index (χ1n) is 6.86. The van der Waals surface area contributed by atoms with E-state index in [-0.39, 0.29) is 24.4 Å². The SMILES string of the molecule is CN(Cc1ccccc1)C(=O)CNCC1CCCO1.Cl. The molecule has 1 unspecified atom stereocenters. The second kappa shape index (κ2) is 8.95. The summed E-state index contributed by atoms with van der Waals surface area (Å²) in [5.41, 5.74) is 1.15. The van der Waals surface area contributed by atoms with E-state index in [2.05, 4.69) is 5.32 Å². The van der Waals surface area contributed by atoms with Crippen LogP contribution in [-0.2, 0) is 16.1 Å². The molecule has 1 aromatic rings. The molecule has 1 aromatic carbocycles. The van der Waals surface area contributed by atoms with Crippen molar-refractivity contribution in [2.24, 2.45) is 0 Å². The van der Waals surface area contributed by atoms with Gasteiger partial charge < -0.3 is 15.0 Å². The van der Waals surface area contributed by atoms with Gasteiger partial charge in [-0.3, -0.25) is 4.79 Å². The Labute approximate surface area is 126 Å². The van der Waals surface area contributed by atoms with Crippen LogP contribution in [0.1, 0.15) is 18.4 Å². The summed E-state index contributed by atoms with van der Waals surface area (Å²) >= 11 is 0. The molecule has 20 heavy (non-hydrogen) atoms. The second-order valence-corrected chi connectivity index (χ2v) is 5.00. The first-order valence-corrected chi connectivity index (χ1v) is 6.86. The second-order valence-electron chi connectivity index (χ2n) is 5.00. The van der Waals surface area contributed by atoms with Crippen LogP contribution in [-0.4, -0.2) is 43.7 Å². The molecule has 112 valence electrons. The fraction of sp³-hybridized carbons (Fsp3) is 0.533. The molecule has 0 aromatic heterocycles. The average Bonchev–Trinajstić information content (AvgIpc) is 2.93. The first kappa shape index (κ1) is 17.0. The van der Waals surface area contributed by atoms with Gasteiger partial charge in [0.05, 0.1) is 12.6 Å². The fourth-order valence-electron chi connectivity index (χ4n) is 2.23. The fourth-order valence-corrected chi connectivity index (χ4v) is 2.23. The maximum atomic E-state index is 11.9. The molecule has 0 bridgehead atoms.